The summed E-state index contributed by atoms with van der Waals surface area (Å²) in [5.41, 5.74) is 3.09. The Morgan fingerprint density at radius 1 is 1.46 bits per heavy atom. The highest BCUT2D eigenvalue weighted by Gasteiger charge is 2.17. The smallest absolute Gasteiger partial charge is 0.0874 e. The number of H-pyrrole nitrogens is 1. The van der Waals surface area contributed by atoms with Gasteiger partial charge in [0.15, 0.2) is 0 Å². The number of aromatic amines is 1. The van der Waals surface area contributed by atoms with Crippen molar-refractivity contribution in [2.24, 2.45) is 4.99 Å². The Bertz CT molecular complexity index is 301. The van der Waals surface area contributed by atoms with Gasteiger partial charge in [0.1, 0.15) is 0 Å². The van der Waals surface area contributed by atoms with Gasteiger partial charge in [-0.05, 0) is 18.9 Å². The number of hydrogen-bond acceptors (Lipinski definition) is 1. The van der Waals surface area contributed by atoms with Gasteiger partial charge in [-0.25, -0.2) is 0 Å². The van der Waals surface area contributed by atoms with Crippen LogP contribution >= 0.6 is 0 Å². The van der Waals surface area contributed by atoms with E-state index in [1.165, 1.54) is 0 Å². The number of nitrogens with one attached hydrogen (secondary N) is 1. The van der Waals surface area contributed by atoms with Crippen LogP contribution in [0.1, 0.15) is 32.2 Å². The summed E-state index contributed by atoms with van der Waals surface area (Å²) >= 11 is 0. The highest BCUT2D eigenvalue weighted by molar-refractivity contribution is 5.63. The molecule has 1 rings (SSSR count). The second kappa shape index (κ2) is 3.21. The van der Waals surface area contributed by atoms with Crippen molar-refractivity contribution in [3.05, 3.63) is 24.0 Å². The highest BCUT2D eigenvalue weighted by Crippen LogP contribution is 2.28. The number of aromatic nitrogens is 1. The molecule has 0 unspecified atom stereocenters. The fourth-order valence-electron chi connectivity index (χ4n) is 1.15. The molecule has 2 heteroatoms. The van der Waals surface area contributed by atoms with Crippen LogP contribution in [0.25, 0.3) is 6.08 Å². The summed E-state index contributed by atoms with van der Waals surface area (Å²) in [6.45, 7) is 13.7. The summed E-state index contributed by atoms with van der Waals surface area (Å²) in [5.74, 6) is 0. The molecule has 1 aromatic heterocycles. The van der Waals surface area contributed by atoms with E-state index in [9.17, 15) is 0 Å². The molecule has 0 saturated carbocycles. The van der Waals surface area contributed by atoms with Crippen LogP contribution in [-0.4, -0.2) is 11.7 Å². The van der Waals surface area contributed by atoms with Crippen molar-refractivity contribution in [1.82, 2.24) is 4.98 Å². The standard InChI is InChI=1S/C11H16N2/c1-6-8-9(12-5)7-10(13-8)11(2,3)4/h6-7,13H,1,5H2,2-4H3. The Labute approximate surface area is 79.4 Å². The van der Waals surface area contributed by atoms with Crippen molar-refractivity contribution in [3.8, 4) is 0 Å². The molecule has 0 atom stereocenters. The second-order valence-corrected chi connectivity index (χ2v) is 4.09. The monoisotopic (exact) mass is 176 g/mol. The predicted molar refractivity (Wildman–Crippen MR) is 58.8 cm³/mol. The molecule has 1 N–H and O–H groups in total. The normalized spacial score (nSPS) is 11.3. The third-order valence-corrected chi connectivity index (χ3v) is 2.01. The maximum Gasteiger partial charge on any atom is 0.0874 e. The molecule has 70 valence electrons. The van der Waals surface area contributed by atoms with Crippen molar-refractivity contribution in [2.75, 3.05) is 0 Å². The van der Waals surface area contributed by atoms with E-state index in [0.717, 1.165) is 17.1 Å². The van der Waals surface area contributed by atoms with Crippen molar-refractivity contribution < 1.29 is 0 Å². The van der Waals surface area contributed by atoms with Crippen LogP contribution in [0.2, 0.25) is 0 Å². The van der Waals surface area contributed by atoms with E-state index < -0.39 is 0 Å². The molecule has 0 aliphatic carbocycles. The maximum absolute atomic E-state index is 3.92. The summed E-state index contributed by atoms with van der Waals surface area (Å²) in [5, 5.41) is 0. The van der Waals surface area contributed by atoms with Crippen molar-refractivity contribution in [2.45, 2.75) is 26.2 Å². The molecule has 0 spiro atoms. The molecule has 0 aliphatic heterocycles. The zero-order valence-electron chi connectivity index (χ0n) is 8.52. The van der Waals surface area contributed by atoms with E-state index in [-0.39, 0.29) is 5.41 Å². The van der Waals surface area contributed by atoms with Crippen LogP contribution in [0.15, 0.2) is 17.6 Å². The predicted octanol–water partition coefficient (Wildman–Crippen LogP) is 3.29. The summed E-state index contributed by atoms with van der Waals surface area (Å²) in [6, 6.07) is 2.02. The zero-order valence-corrected chi connectivity index (χ0v) is 8.52. The van der Waals surface area contributed by atoms with Crippen LogP contribution in [0, 0.1) is 0 Å². The van der Waals surface area contributed by atoms with E-state index in [2.05, 4.69) is 44.0 Å². The van der Waals surface area contributed by atoms with Crippen LogP contribution < -0.4 is 0 Å². The van der Waals surface area contributed by atoms with E-state index in [0.29, 0.717) is 0 Å². The minimum Gasteiger partial charge on any atom is -0.357 e. The Hall–Kier alpha value is -1.31. The van der Waals surface area contributed by atoms with Crippen molar-refractivity contribution >= 4 is 18.5 Å². The molecular weight excluding hydrogens is 160 g/mol. The molecule has 1 aromatic rings. The fraction of sp³-hybridized carbons (Fsp3) is 0.364. The number of nitrogens with zero attached hydrogens (tertiary/aromatic N) is 1. The molecule has 0 fully saturated rings. The van der Waals surface area contributed by atoms with Gasteiger partial charge in [0.25, 0.3) is 0 Å². The Kier molecular flexibility index (Phi) is 2.41. The Morgan fingerprint density at radius 3 is 2.38 bits per heavy atom. The van der Waals surface area contributed by atoms with Crippen molar-refractivity contribution in [1.29, 1.82) is 0 Å². The molecule has 1 heterocycles. The first-order valence-electron chi connectivity index (χ1n) is 4.31. The fourth-order valence-corrected chi connectivity index (χ4v) is 1.15. The lowest BCUT2D eigenvalue weighted by Gasteiger charge is -2.15. The van der Waals surface area contributed by atoms with E-state index >= 15 is 0 Å². The minimum absolute atomic E-state index is 0.112. The lowest BCUT2D eigenvalue weighted by molar-refractivity contribution is 0.572. The van der Waals surface area contributed by atoms with Gasteiger partial charge in [0.05, 0.1) is 11.4 Å². The van der Waals surface area contributed by atoms with Gasteiger partial charge in [-0.2, -0.15) is 0 Å². The molecular formula is C11H16N2. The first-order valence-corrected chi connectivity index (χ1v) is 4.31. The van der Waals surface area contributed by atoms with Gasteiger partial charge in [0, 0.05) is 11.1 Å². The van der Waals surface area contributed by atoms with Gasteiger partial charge < -0.3 is 4.98 Å². The Balaban J connectivity index is 3.21. The summed E-state index contributed by atoms with van der Waals surface area (Å²) in [4.78, 5) is 7.19. The quantitative estimate of drug-likeness (QED) is 0.670. The zero-order chi connectivity index (χ0) is 10.1. The topological polar surface area (TPSA) is 28.1 Å². The van der Waals surface area contributed by atoms with Gasteiger partial charge in [-0.3, -0.25) is 4.99 Å². The van der Waals surface area contributed by atoms with Crippen LogP contribution in [0.4, 0.5) is 5.69 Å². The van der Waals surface area contributed by atoms with E-state index in [1.54, 1.807) is 6.08 Å². The van der Waals surface area contributed by atoms with Crippen LogP contribution in [-0.2, 0) is 5.41 Å². The van der Waals surface area contributed by atoms with Gasteiger partial charge in [0.2, 0.25) is 0 Å². The molecule has 0 bridgehead atoms. The summed E-state index contributed by atoms with van der Waals surface area (Å²) < 4.78 is 0. The molecule has 0 aromatic carbocycles. The molecule has 2 nitrogen and oxygen atoms in total. The SMILES string of the molecule is C=Cc1[nH]c(C(C)(C)C)cc1N=C. The Morgan fingerprint density at radius 2 is 2.08 bits per heavy atom. The number of aliphatic imine (C=N–C) groups is 1. The summed E-state index contributed by atoms with van der Waals surface area (Å²) in [6.07, 6.45) is 1.76. The molecule has 0 aliphatic rings. The number of hydrogen-bond donors (Lipinski definition) is 1. The lowest BCUT2D eigenvalue weighted by Crippen LogP contribution is -2.11. The van der Waals surface area contributed by atoms with Gasteiger partial charge >= 0.3 is 0 Å². The highest BCUT2D eigenvalue weighted by atomic mass is 14.8. The van der Waals surface area contributed by atoms with Gasteiger partial charge in [-0.1, -0.05) is 27.4 Å². The maximum atomic E-state index is 3.92. The lowest BCUT2D eigenvalue weighted by atomic mass is 9.92. The average Bonchev–Trinajstić information content (AvgIpc) is 2.45. The number of rotatable bonds is 2. The van der Waals surface area contributed by atoms with Crippen LogP contribution in [0.3, 0.4) is 0 Å². The molecule has 13 heavy (non-hydrogen) atoms. The first kappa shape index (κ1) is 9.78. The average molecular weight is 176 g/mol. The van der Waals surface area contributed by atoms with E-state index in [1.807, 2.05) is 6.07 Å². The summed E-state index contributed by atoms with van der Waals surface area (Å²) in [7, 11) is 0. The van der Waals surface area contributed by atoms with Gasteiger partial charge in [-0.15, -0.1) is 0 Å². The largest absolute Gasteiger partial charge is 0.357 e. The molecule has 0 saturated heterocycles. The van der Waals surface area contributed by atoms with Crippen LogP contribution in [0.5, 0.6) is 0 Å². The molecule has 0 radical (unpaired) electrons. The van der Waals surface area contributed by atoms with Crippen molar-refractivity contribution in [3.63, 3.8) is 0 Å². The third kappa shape index (κ3) is 1.89. The minimum atomic E-state index is 0.112. The first-order chi connectivity index (χ1) is 5.99. The second-order valence-electron chi connectivity index (χ2n) is 4.09. The van der Waals surface area contributed by atoms with E-state index in [4.69, 9.17) is 0 Å². The third-order valence-electron chi connectivity index (χ3n) is 2.01. The molecule has 0 amide bonds.